The maximum atomic E-state index is 13.1. The molecule has 0 radical (unpaired) electrons. The van der Waals surface area contributed by atoms with Gasteiger partial charge in [0.15, 0.2) is 0 Å². The molecular formula is C12H12FN3O2S. The number of sulfonamides is 1. The number of hydrogen-bond acceptors (Lipinski definition) is 4. The van der Waals surface area contributed by atoms with Crippen LogP contribution in [0.3, 0.4) is 0 Å². The van der Waals surface area contributed by atoms with Crippen LogP contribution in [0.15, 0.2) is 42.7 Å². The SMILES string of the molecule is CS(=O)(=O)Nc1ccncc1Nc1cccc(F)c1. The summed E-state index contributed by atoms with van der Waals surface area (Å²) < 4.78 is 37.9. The highest BCUT2D eigenvalue weighted by atomic mass is 32.2. The van der Waals surface area contributed by atoms with Gasteiger partial charge in [0, 0.05) is 11.9 Å². The molecule has 0 bridgehead atoms. The molecule has 1 aromatic heterocycles. The van der Waals surface area contributed by atoms with E-state index in [0.717, 1.165) is 6.26 Å². The summed E-state index contributed by atoms with van der Waals surface area (Å²) in [5.74, 6) is -0.383. The van der Waals surface area contributed by atoms with Gasteiger partial charge in [0.05, 0.1) is 23.8 Å². The average Bonchev–Trinajstić information content (AvgIpc) is 2.30. The normalized spacial score (nSPS) is 11.1. The molecule has 0 fully saturated rings. The molecule has 0 aliphatic heterocycles. The minimum Gasteiger partial charge on any atom is -0.352 e. The minimum atomic E-state index is -3.39. The summed E-state index contributed by atoms with van der Waals surface area (Å²) in [7, 11) is -3.39. The Morgan fingerprint density at radius 3 is 2.68 bits per heavy atom. The number of nitrogens with one attached hydrogen (secondary N) is 2. The molecule has 2 N–H and O–H groups in total. The van der Waals surface area contributed by atoms with Crippen LogP contribution in [-0.2, 0) is 10.0 Å². The first-order valence-corrected chi connectivity index (χ1v) is 7.27. The van der Waals surface area contributed by atoms with Crippen molar-refractivity contribution in [3.63, 3.8) is 0 Å². The zero-order valence-corrected chi connectivity index (χ0v) is 10.9. The van der Waals surface area contributed by atoms with E-state index in [1.807, 2.05) is 0 Å². The molecule has 100 valence electrons. The van der Waals surface area contributed by atoms with Gasteiger partial charge >= 0.3 is 0 Å². The summed E-state index contributed by atoms with van der Waals surface area (Å²) in [6, 6.07) is 7.36. The molecule has 19 heavy (non-hydrogen) atoms. The molecule has 0 saturated heterocycles. The van der Waals surface area contributed by atoms with Crippen LogP contribution >= 0.6 is 0 Å². The molecule has 1 heterocycles. The lowest BCUT2D eigenvalue weighted by Gasteiger charge is -2.12. The smallest absolute Gasteiger partial charge is 0.229 e. The van der Waals surface area contributed by atoms with E-state index < -0.39 is 10.0 Å². The van der Waals surface area contributed by atoms with Gasteiger partial charge in [-0.1, -0.05) is 6.07 Å². The molecule has 1 aromatic carbocycles. The number of hydrogen-bond donors (Lipinski definition) is 2. The van der Waals surface area contributed by atoms with Crippen LogP contribution in [0, 0.1) is 5.82 Å². The quantitative estimate of drug-likeness (QED) is 0.902. The molecule has 0 aliphatic rings. The lowest BCUT2D eigenvalue weighted by Crippen LogP contribution is -2.11. The molecule has 5 nitrogen and oxygen atoms in total. The molecule has 0 aliphatic carbocycles. The van der Waals surface area contributed by atoms with Gasteiger partial charge in [0.1, 0.15) is 5.82 Å². The highest BCUT2D eigenvalue weighted by Gasteiger charge is 2.07. The fourth-order valence-electron chi connectivity index (χ4n) is 1.50. The maximum Gasteiger partial charge on any atom is 0.229 e. The number of benzene rings is 1. The van der Waals surface area contributed by atoms with E-state index in [4.69, 9.17) is 0 Å². The maximum absolute atomic E-state index is 13.1. The molecule has 2 aromatic rings. The van der Waals surface area contributed by atoms with Crippen LogP contribution in [0.25, 0.3) is 0 Å². The molecule has 0 atom stereocenters. The first-order valence-electron chi connectivity index (χ1n) is 5.38. The minimum absolute atomic E-state index is 0.349. The van der Waals surface area contributed by atoms with Gasteiger partial charge < -0.3 is 5.32 Å². The summed E-state index contributed by atoms with van der Waals surface area (Å²) in [6.07, 6.45) is 3.97. The summed E-state index contributed by atoms with van der Waals surface area (Å²) in [5.41, 5.74) is 1.30. The fraction of sp³-hybridized carbons (Fsp3) is 0.0833. The van der Waals surface area contributed by atoms with Crippen LogP contribution < -0.4 is 10.0 Å². The van der Waals surface area contributed by atoms with Gasteiger partial charge in [-0.2, -0.15) is 0 Å². The van der Waals surface area contributed by atoms with Gasteiger partial charge in [-0.3, -0.25) is 9.71 Å². The molecule has 0 saturated carbocycles. The van der Waals surface area contributed by atoms with Crippen molar-refractivity contribution in [3.05, 3.63) is 48.5 Å². The Labute approximate surface area is 110 Å². The fourth-order valence-corrected chi connectivity index (χ4v) is 2.08. The van der Waals surface area contributed by atoms with E-state index in [-0.39, 0.29) is 5.82 Å². The van der Waals surface area contributed by atoms with Crippen LogP contribution in [-0.4, -0.2) is 19.7 Å². The van der Waals surface area contributed by atoms with Gasteiger partial charge in [-0.25, -0.2) is 12.8 Å². The van der Waals surface area contributed by atoms with Crippen molar-refractivity contribution in [2.75, 3.05) is 16.3 Å². The number of nitrogens with zero attached hydrogens (tertiary/aromatic N) is 1. The van der Waals surface area contributed by atoms with Crippen LogP contribution in [0.2, 0.25) is 0 Å². The Bertz CT molecular complexity index is 689. The molecule has 2 rings (SSSR count). The lowest BCUT2D eigenvalue weighted by molar-refractivity contribution is 0.607. The number of halogens is 1. The van der Waals surface area contributed by atoms with Crippen molar-refractivity contribution in [3.8, 4) is 0 Å². The van der Waals surface area contributed by atoms with Crippen molar-refractivity contribution in [2.24, 2.45) is 0 Å². The Morgan fingerprint density at radius 2 is 2.00 bits per heavy atom. The summed E-state index contributed by atoms with van der Waals surface area (Å²) >= 11 is 0. The Kier molecular flexibility index (Phi) is 3.66. The van der Waals surface area contributed by atoms with Crippen molar-refractivity contribution in [2.45, 2.75) is 0 Å². The predicted octanol–water partition coefficient (Wildman–Crippen LogP) is 2.34. The highest BCUT2D eigenvalue weighted by molar-refractivity contribution is 7.92. The third-order valence-electron chi connectivity index (χ3n) is 2.22. The molecule has 7 heteroatoms. The summed E-state index contributed by atoms with van der Waals surface area (Å²) in [6.45, 7) is 0. The van der Waals surface area contributed by atoms with E-state index in [1.54, 1.807) is 12.1 Å². The second kappa shape index (κ2) is 5.23. The molecule has 0 spiro atoms. The second-order valence-electron chi connectivity index (χ2n) is 3.93. The standard InChI is InChI=1S/C12H12FN3O2S/c1-19(17,18)16-11-5-6-14-8-12(11)15-10-4-2-3-9(13)7-10/h2-8,15H,1H3,(H,14,16). The Balaban J connectivity index is 2.30. The van der Waals surface area contributed by atoms with Crippen molar-refractivity contribution < 1.29 is 12.8 Å². The van der Waals surface area contributed by atoms with Crippen molar-refractivity contribution >= 4 is 27.1 Å². The largest absolute Gasteiger partial charge is 0.352 e. The van der Waals surface area contributed by atoms with Crippen molar-refractivity contribution in [1.29, 1.82) is 0 Å². The van der Waals surface area contributed by atoms with E-state index in [0.29, 0.717) is 17.1 Å². The lowest BCUT2D eigenvalue weighted by atomic mass is 10.3. The Hall–Kier alpha value is -2.15. The second-order valence-corrected chi connectivity index (χ2v) is 5.68. The Morgan fingerprint density at radius 1 is 1.21 bits per heavy atom. The highest BCUT2D eigenvalue weighted by Crippen LogP contribution is 2.25. The average molecular weight is 281 g/mol. The van der Waals surface area contributed by atoms with Crippen LogP contribution in [0.1, 0.15) is 0 Å². The van der Waals surface area contributed by atoms with E-state index in [1.165, 1.54) is 30.6 Å². The van der Waals surface area contributed by atoms with Gasteiger partial charge in [-0.15, -0.1) is 0 Å². The zero-order chi connectivity index (χ0) is 13.9. The first-order chi connectivity index (χ1) is 8.94. The third kappa shape index (κ3) is 3.92. The van der Waals surface area contributed by atoms with E-state index >= 15 is 0 Å². The zero-order valence-electron chi connectivity index (χ0n) is 10.1. The molecule has 0 unspecified atom stereocenters. The molecular weight excluding hydrogens is 269 g/mol. The number of rotatable bonds is 4. The van der Waals surface area contributed by atoms with Gasteiger partial charge in [0.2, 0.25) is 10.0 Å². The van der Waals surface area contributed by atoms with Crippen molar-refractivity contribution in [1.82, 2.24) is 4.98 Å². The predicted molar refractivity (Wildman–Crippen MR) is 72.4 cm³/mol. The van der Waals surface area contributed by atoms with Gasteiger partial charge in [-0.05, 0) is 24.3 Å². The van der Waals surface area contributed by atoms with Gasteiger partial charge in [0.25, 0.3) is 0 Å². The van der Waals surface area contributed by atoms with Crippen LogP contribution in [0.5, 0.6) is 0 Å². The number of pyridine rings is 1. The molecule has 0 amide bonds. The summed E-state index contributed by atoms with van der Waals surface area (Å²) in [5, 5.41) is 2.91. The number of aromatic nitrogens is 1. The topological polar surface area (TPSA) is 71.1 Å². The first kappa shape index (κ1) is 13.3. The monoisotopic (exact) mass is 281 g/mol. The van der Waals surface area contributed by atoms with E-state index in [9.17, 15) is 12.8 Å². The number of anilines is 3. The van der Waals surface area contributed by atoms with Crippen LogP contribution in [0.4, 0.5) is 21.5 Å². The van der Waals surface area contributed by atoms with E-state index in [2.05, 4.69) is 15.0 Å². The summed E-state index contributed by atoms with van der Waals surface area (Å²) in [4.78, 5) is 3.90. The third-order valence-corrected chi connectivity index (χ3v) is 2.81.